The highest BCUT2D eigenvalue weighted by molar-refractivity contribution is 5.94. The monoisotopic (exact) mass is 412 g/mol. The van der Waals surface area contributed by atoms with Crippen LogP contribution in [-0.4, -0.2) is 20.4 Å². The molecule has 0 saturated heterocycles. The summed E-state index contributed by atoms with van der Waals surface area (Å²) in [5, 5.41) is 2.87. The van der Waals surface area contributed by atoms with Crippen molar-refractivity contribution in [1.82, 2.24) is 19.9 Å². The molecule has 0 fully saturated rings. The van der Waals surface area contributed by atoms with Gasteiger partial charge in [0.15, 0.2) is 0 Å². The van der Waals surface area contributed by atoms with E-state index in [1.165, 1.54) is 0 Å². The Morgan fingerprint density at radius 1 is 1.10 bits per heavy atom. The molecule has 0 aliphatic carbocycles. The van der Waals surface area contributed by atoms with Crippen molar-refractivity contribution in [2.75, 3.05) is 0 Å². The fourth-order valence-electron chi connectivity index (χ4n) is 3.51. The van der Waals surface area contributed by atoms with E-state index in [1.807, 2.05) is 68.4 Å². The number of nitrogens with zero attached hydrogens (tertiary/aromatic N) is 2. The quantitative estimate of drug-likeness (QED) is 0.501. The number of imidazole rings is 1. The molecule has 2 N–H and O–H groups in total. The first-order chi connectivity index (χ1) is 15.0. The first kappa shape index (κ1) is 20.3. The van der Waals surface area contributed by atoms with E-state index in [0.29, 0.717) is 12.4 Å². The Morgan fingerprint density at radius 3 is 2.68 bits per heavy atom. The average Bonchev–Trinajstić information content (AvgIpc) is 3.26. The number of carbonyl (C=O) groups is 1. The molecule has 0 bridgehead atoms. The number of nitrogens with one attached hydrogen (secondary N) is 2. The number of rotatable bonds is 6. The summed E-state index contributed by atoms with van der Waals surface area (Å²) < 4.78 is 1.55. The Balaban J connectivity index is 1.50. The van der Waals surface area contributed by atoms with Gasteiger partial charge in [-0.1, -0.05) is 60.2 Å². The molecule has 2 aromatic heterocycles. The van der Waals surface area contributed by atoms with Gasteiger partial charge in [-0.05, 0) is 37.1 Å². The van der Waals surface area contributed by atoms with Crippen molar-refractivity contribution < 1.29 is 4.79 Å². The van der Waals surface area contributed by atoms with Crippen LogP contribution in [-0.2, 0) is 6.54 Å². The van der Waals surface area contributed by atoms with Gasteiger partial charge in [0, 0.05) is 6.20 Å². The SMILES string of the molecule is Cc1cccc(Cn2cccc(C(=O)NC(C)c3ncc(-c4ccccc4)[nH]3)c2=O)c1. The van der Waals surface area contributed by atoms with E-state index in [2.05, 4.69) is 15.3 Å². The fraction of sp³-hybridized carbons (Fsp3) is 0.160. The summed E-state index contributed by atoms with van der Waals surface area (Å²) in [5.74, 6) is 0.206. The molecule has 4 rings (SSSR count). The first-order valence-corrected chi connectivity index (χ1v) is 10.2. The van der Waals surface area contributed by atoms with Crippen LogP contribution in [0.1, 0.15) is 40.3 Å². The van der Waals surface area contributed by atoms with Crippen molar-refractivity contribution in [1.29, 1.82) is 0 Å². The molecular weight excluding hydrogens is 388 g/mol. The minimum absolute atomic E-state index is 0.108. The maximum Gasteiger partial charge on any atom is 0.263 e. The number of hydrogen-bond donors (Lipinski definition) is 2. The number of hydrogen-bond acceptors (Lipinski definition) is 3. The molecule has 0 spiro atoms. The molecule has 0 radical (unpaired) electrons. The van der Waals surface area contributed by atoms with Crippen molar-refractivity contribution in [3.8, 4) is 11.3 Å². The lowest BCUT2D eigenvalue weighted by molar-refractivity contribution is 0.0936. The molecule has 4 aromatic rings. The van der Waals surface area contributed by atoms with E-state index >= 15 is 0 Å². The second-order valence-corrected chi connectivity index (χ2v) is 7.59. The summed E-state index contributed by atoms with van der Waals surface area (Å²) in [6.45, 7) is 4.25. The lowest BCUT2D eigenvalue weighted by Crippen LogP contribution is -2.34. The Hall–Kier alpha value is -3.93. The van der Waals surface area contributed by atoms with Gasteiger partial charge in [-0.2, -0.15) is 0 Å². The normalized spacial score (nSPS) is 11.8. The van der Waals surface area contributed by atoms with E-state index in [-0.39, 0.29) is 17.2 Å². The van der Waals surface area contributed by atoms with Gasteiger partial charge in [-0.3, -0.25) is 9.59 Å². The van der Waals surface area contributed by atoms with E-state index in [4.69, 9.17) is 0 Å². The lowest BCUT2D eigenvalue weighted by Gasteiger charge is -2.13. The molecule has 0 aliphatic rings. The molecule has 31 heavy (non-hydrogen) atoms. The van der Waals surface area contributed by atoms with Crippen LogP contribution in [0.3, 0.4) is 0 Å². The van der Waals surface area contributed by atoms with Gasteiger partial charge in [0.25, 0.3) is 11.5 Å². The molecule has 156 valence electrons. The smallest absolute Gasteiger partial charge is 0.263 e. The summed E-state index contributed by atoms with van der Waals surface area (Å²) in [6, 6.07) is 20.7. The van der Waals surface area contributed by atoms with Gasteiger partial charge in [0.2, 0.25) is 0 Å². The maximum absolute atomic E-state index is 12.9. The highest BCUT2D eigenvalue weighted by Gasteiger charge is 2.18. The zero-order valence-corrected chi connectivity index (χ0v) is 17.5. The van der Waals surface area contributed by atoms with Gasteiger partial charge < -0.3 is 14.9 Å². The number of H-pyrrole nitrogens is 1. The highest BCUT2D eigenvalue weighted by atomic mass is 16.2. The molecule has 6 heteroatoms. The number of amides is 1. The van der Waals surface area contributed by atoms with Crippen LogP contribution >= 0.6 is 0 Å². The zero-order valence-electron chi connectivity index (χ0n) is 17.5. The number of aromatic nitrogens is 3. The van der Waals surface area contributed by atoms with Crippen molar-refractivity contribution >= 4 is 5.91 Å². The predicted octanol–water partition coefficient (Wildman–Crippen LogP) is 4.09. The molecule has 0 saturated carbocycles. The lowest BCUT2D eigenvalue weighted by atomic mass is 10.1. The molecule has 2 heterocycles. The molecule has 0 aliphatic heterocycles. The Labute approximate surface area is 180 Å². The van der Waals surface area contributed by atoms with Crippen LogP contribution in [0.4, 0.5) is 0 Å². The maximum atomic E-state index is 12.9. The van der Waals surface area contributed by atoms with Gasteiger partial charge >= 0.3 is 0 Å². The van der Waals surface area contributed by atoms with Crippen LogP contribution in [0.15, 0.2) is 83.9 Å². The third kappa shape index (κ3) is 4.64. The molecule has 1 unspecified atom stereocenters. The third-order valence-electron chi connectivity index (χ3n) is 5.14. The molecule has 6 nitrogen and oxygen atoms in total. The first-order valence-electron chi connectivity index (χ1n) is 10.2. The Kier molecular flexibility index (Phi) is 5.80. The summed E-state index contributed by atoms with van der Waals surface area (Å²) in [6.07, 6.45) is 3.44. The van der Waals surface area contributed by atoms with Crippen molar-refractivity contribution in [2.45, 2.75) is 26.4 Å². The minimum atomic E-state index is -0.422. The Bertz CT molecular complexity index is 1260. The summed E-state index contributed by atoms with van der Waals surface area (Å²) in [4.78, 5) is 33.3. The number of aromatic amines is 1. The Morgan fingerprint density at radius 2 is 1.90 bits per heavy atom. The van der Waals surface area contributed by atoms with Crippen LogP contribution in [0.5, 0.6) is 0 Å². The second-order valence-electron chi connectivity index (χ2n) is 7.59. The zero-order chi connectivity index (χ0) is 21.8. The summed E-state index contributed by atoms with van der Waals surface area (Å²) >= 11 is 0. The van der Waals surface area contributed by atoms with Crippen LogP contribution < -0.4 is 10.9 Å². The standard InChI is InChI=1S/C25H24N4O2/c1-17-8-6-9-19(14-17)16-29-13-7-12-21(25(29)31)24(30)27-18(2)23-26-15-22(28-23)20-10-4-3-5-11-20/h3-15,18H,16H2,1-2H3,(H,26,28)(H,27,30). The van der Waals surface area contributed by atoms with E-state index < -0.39 is 5.91 Å². The van der Waals surface area contributed by atoms with Gasteiger partial charge in [0.05, 0.1) is 24.5 Å². The summed E-state index contributed by atoms with van der Waals surface area (Å²) in [7, 11) is 0. The van der Waals surface area contributed by atoms with Gasteiger partial charge in [-0.25, -0.2) is 4.98 Å². The molecule has 1 atom stereocenters. The molecule has 2 aromatic carbocycles. The van der Waals surface area contributed by atoms with Gasteiger partial charge in [0.1, 0.15) is 11.4 Å². The van der Waals surface area contributed by atoms with E-state index in [9.17, 15) is 9.59 Å². The second kappa shape index (κ2) is 8.83. The third-order valence-corrected chi connectivity index (χ3v) is 5.14. The van der Waals surface area contributed by atoms with E-state index in [0.717, 1.165) is 22.4 Å². The highest BCUT2D eigenvalue weighted by Crippen LogP contribution is 2.19. The fourth-order valence-corrected chi connectivity index (χ4v) is 3.51. The molecule has 1 amide bonds. The van der Waals surface area contributed by atoms with Crippen LogP contribution in [0.2, 0.25) is 0 Å². The average molecular weight is 412 g/mol. The predicted molar refractivity (Wildman–Crippen MR) is 121 cm³/mol. The van der Waals surface area contributed by atoms with Crippen molar-refractivity contribution in [3.05, 3.63) is 112 Å². The number of pyridine rings is 1. The number of carbonyl (C=O) groups excluding carboxylic acids is 1. The van der Waals surface area contributed by atoms with Crippen LogP contribution in [0.25, 0.3) is 11.3 Å². The largest absolute Gasteiger partial charge is 0.342 e. The minimum Gasteiger partial charge on any atom is -0.342 e. The molecular formula is C25H24N4O2. The number of aryl methyl sites for hydroxylation is 1. The van der Waals surface area contributed by atoms with Crippen LogP contribution in [0, 0.1) is 6.92 Å². The summed E-state index contributed by atoms with van der Waals surface area (Å²) in [5.41, 5.74) is 3.81. The number of benzene rings is 2. The van der Waals surface area contributed by atoms with Crippen molar-refractivity contribution in [2.24, 2.45) is 0 Å². The topological polar surface area (TPSA) is 79.8 Å². The van der Waals surface area contributed by atoms with Gasteiger partial charge in [-0.15, -0.1) is 0 Å². The van der Waals surface area contributed by atoms with Crippen molar-refractivity contribution in [3.63, 3.8) is 0 Å². The van der Waals surface area contributed by atoms with E-state index in [1.54, 1.807) is 29.1 Å².